The van der Waals surface area contributed by atoms with Crippen LogP contribution in [0.5, 0.6) is 0 Å². The molecule has 22 heavy (non-hydrogen) atoms. The Morgan fingerprint density at radius 3 is 2.68 bits per heavy atom. The van der Waals surface area contributed by atoms with E-state index in [1.807, 2.05) is 0 Å². The van der Waals surface area contributed by atoms with E-state index >= 15 is 0 Å². The lowest BCUT2D eigenvalue weighted by molar-refractivity contribution is -0.384. The van der Waals surface area contributed by atoms with Crippen molar-refractivity contribution >= 4 is 28.7 Å². The number of nitro groups is 1. The number of nitrogen functional groups attached to an aromatic ring is 1. The van der Waals surface area contributed by atoms with Crippen molar-refractivity contribution < 1.29 is 4.92 Å². The minimum Gasteiger partial charge on any atom is -0.382 e. The first-order chi connectivity index (χ1) is 10.6. The normalized spacial score (nSPS) is 11.3. The van der Waals surface area contributed by atoms with Gasteiger partial charge in [-0.1, -0.05) is 5.10 Å². The van der Waals surface area contributed by atoms with Crippen molar-refractivity contribution in [2.45, 2.75) is 0 Å². The Kier molecular flexibility index (Phi) is 3.02. The van der Waals surface area contributed by atoms with Gasteiger partial charge in [0.05, 0.1) is 10.6 Å². The second-order valence-corrected chi connectivity index (χ2v) is 4.06. The maximum Gasteiger partial charge on any atom is 0.305 e. The van der Waals surface area contributed by atoms with Crippen molar-refractivity contribution in [1.29, 1.82) is 0 Å². The molecule has 0 aliphatic heterocycles. The van der Waals surface area contributed by atoms with Crippen LogP contribution >= 0.6 is 0 Å². The van der Waals surface area contributed by atoms with Gasteiger partial charge < -0.3 is 5.73 Å². The number of benzene rings is 1. The van der Waals surface area contributed by atoms with E-state index in [9.17, 15) is 14.9 Å². The average molecular weight is 301 g/mol. The zero-order valence-electron chi connectivity index (χ0n) is 10.7. The second kappa shape index (κ2) is 5.01. The van der Waals surface area contributed by atoms with Crippen LogP contribution in [-0.4, -0.2) is 29.9 Å². The van der Waals surface area contributed by atoms with Crippen LogP contribution in [0.1, 0.15) is 0 Å². The molecule has 0 saturated carbocycles. The fraction of sp³-hybridized carbons (Fsp3) is 0. The maximum absolute atomic E-state index is 12.1. The van der Waals surface area contributed by atoms with Gasteiger partial charge in [0.25, 0.3) is 11.5 Å². The number of tetrazole rings is 1. The SMILES string of the molecule is Nc1nc2nn[nH]n2c(=O)c1N=Nc1ccc([N+](=O)[O-])cc1. The zero-order chi connectivity index (χ0) is 15.7. The van der Waals surface area contributed by atoms with E-state index in [1.54, 1.807) is 0 Å². The number of nitro benzene ring substituents is 1. The van der Waals surface area contributed by atoms with E-state index in [4.69, 9.17) is 5.73 Å². The van der Waals surface area contributed by atoms with Crippen LogP contribution in [0.3, 0.4) is 0 Å². The average Bonchev–Trinajstić information content (AvgIpc) is 2.96. The summed E-state index contributed by atoms with van der Waals surface area (Å²) in [6.45, 7) is 0. The van der Waals surface area contributed by atoms with Gasteiger partial charge in [0, 0.05) is 12.1 Å². The Labute approximate surface area is 120 Å². The number of rotatable bonds is 3. The van der Waals surface area contributed by atoms with Crippen molar-refractivity contribution in [3.63, 3.8) is 0 Å². The molecule has 12 nitrogen and oxygen atoms in total. The predicted molar refractivity (Wildman–Crippen MR) is 73.1 cm³/mol. The second-order valence-electron chi connectivity index (χ2n) is 4.06. The fourth-order valence-corrected chi connectivity index (χ4v) is 1.63. The molecule has 0 amide bonds. The van der Waals surface area contributed by atoms with Crippen molar-refractivity contribution in [3.05, 3.63) is 44.7 Å². The molecule has 2 heterocycles. The number of aromatic nitrogens is 5. The van der Waals surface area contributed by atoms with E-state index in [2.05, 4.69) is 30.7 Å². The van der Waals surface area contributed by atoms with Gasteiger partial charge in [-0.25, -0.2) is 0 Å². The summed E-state index contributed by atoms with van der Waals surface area (Å²) < 4.78 is 0.959. The minimum atomic E-state index is -0.613. The Balaban J connectivity index is 1.98. The third-order valence-electron chi connectivity index (χ3n) is 2.68. The Hall–Kier alpha value is -3.70. The van der Waals surface area contributed by atoms with E-state index in [1.165, 1.54) is 24.3 Å². The maximum atomic E-state index is 12.1. The number of fused-ring (bicyclic) bond motifs is 1. The number of nitrogens with two attached hydrogens (primary N) is 1. The molecule has 3 aromatic rings. The minimum absolute atomic E-state index is 0.0109. The van der Waals surface area contributed by atoms with Gasteiger partial charge in [0.15, 0.2) is 11.5 Å². The highest BCUT2D eigenvalue weighted by Gasteiger charge is 2.12. The van der Waals surface area contributed by atoms with E-state index < -0.39 is 10.5 Å². The first-order valence-electron chi connectivity index (χ1n) is 5.82. The number of non-ortho nitro benzene ring substituents is 1. The third-order valence-corrected chi connectivity index (χ3v) is 2.68. The number of hydrogen-bond donors (Lipinski definition) is 2. The summed E-state index contributed by atoms with van der Waals surface area (Å²) in [6.07, 6.45) is 0. The summed E-state index contributed by atoms with van der Waals surface area (Å²) in [5, 5.41) is 27.4. The molecule has 0 unspecified atom stereocenters. The van der Waals surface area contributed by atoms with Crippen LogP contribution in [0, 0.1) is 10.1 Å². The molecule has 12 heteroatoms. The highest BCUT2D eigenvalue weighted by atomic mass is 16.6. The number of nitrogens with one attached hydrogen (secondary N) is 1. The molecule has 0 bridgehead atoms. The van der Waals surface area contributed by atoms with Crippen LogP contribution in [0.15, 0.2) is 39.3 Å². The molecule has 3 rings (SSSR count). The van der Waals surface area contributed by atoms with Crippen LogP contribution < -0.4 is 11.3 Å². The van der Waals surface area contributed by atoms with Gasteiger partial charge in [-0.05, 0) is 17.3 Å². The van der Waals surface area contributed by atoms with Crippen LogP contribution in [0.2, 0.25) is 0 Å². The molecular weight excluding hydrogens is 294 g/mol. The highest BCUT2D eigenvalue weighted by molar-refractivity contribution is 5.58. The van der Waals surface area contributed by atoms with Gasteiger partial charge in [-0.15, -0.1) is 5.11 Å². The summed E-state index contributed by atoms with van der Waals surface area (Å²) in [5.41, 5.74) is 5.06. The number of aromatic amines is 1. The summed E-state index contributed by atoms with van der Waals surface area (Å²) in [5.74, 6) is -0.138. The standard InChI is InChI=1S/C10H7N9O3/c11-8-7(9(20)18-10(12-8)15-16-17-18)14-13-5-1-3-6(4-2-5)19(21)22/h1-4H,11H2,(H,12,15,17). The van der Waals surface area contributed by atoms with Crippen molar-refractivity contribution in [3.8, 4) is 0 Å². The monoisotopic (exact) mass is 301 g/mol. The predicted octanol–water partition coefficient (Wildman–Crippen LogP) is 0.718. The largest absolute Gasteiger partial charge is 0.382 e. The van der Waals surface area contributed by atoms with Crippen LogP contribution in [-0.2, 0) is 0 Å². The van der Waals surface area contributed by atoms with Gasteiger partial charge in [0.2, 0.25) is 0 Å². The smallest absolute Gasteiger partial charge is 0.305 e. The number of H-pyrrole nitrogens is 1. The summed E-state index contributed by atoms with van der Waals surface area (Å²) in [7, 11) is 0. The Bertz CT molecular complexity index is 940. The molecule has 0 saturated heterocycles. The zero-order valence-corrected chi connectivity index (χ0v) is 10.7. The van der Waals surface area contributed by atoms with E-state index in [-0.39, 0.29) is 23.0 Å². The quantitative estimate of drug-likeness (QED) is 0.407. The number of azo groups is 1. The van der Waals surface area contributed by atoms with Crippen molar-refractivity contribution in [2.24, 2.45) is 10.2 Å². The van der Waals surface area contributed by atoms with Gasteiger partial charge >= 0.3 is 5.56 Å². The summed E-state index contributed by atoms with van der Waals surface area (Å²) >= 11 is 0. The Morgan fingerprint density at radius 2 is 2.00 bits per heavy atom. The van der Waals surface area contributed by atoms with Crippen LogP contribution in [0.4, 0.5) is 22.9 Å². The first kappa shape index (κ1) is 13.3. The molecule has 0 aliphatic rings. The number of hydrogen-bond acceptors (Lipinski definition) is 9. The van der Waals surface area contributed by atoms with Gasteiger partial charge in [0.1, 0.15) is 0 Å². The third kappa shape index (κ3) is 2.24. The number of nitrogens with zero attached hydrogens (tertiary/aromatic N) is 7. The molecule has 0 aliphatic carbocycles. The molecule has 110 valence electrons. The summed E-state index contributed by atoms with van der Waals surface area (Å²) in [6, 6.07) is 5.31. The molecule has 3 N–H and O–H groups in total. The van der Waals surface area contributed by atoms with Crippen molar-refractivity contribution in [1.82, 2.24) is 25.0 Å². The molecule has 1 aromatic carbocycles. The van der Waals surface area contributed by atoms with Crippen LogP contribution in [0.25, 0.3) is 5.78 Å². The molecule has 0 fully saturated rings. The molecule has 0 radical (unpaired) electrons. The summed E-state index contributed by atoms with van der Waals surface area (Å²) in [4.78, 5) is 25.9. The first-order valence-corrected chi connectivity index (χ1v) is 5.82. The Morgan fingerprint density at radius 1 is 1.27 bits per heavy atom. The lowest BCUT2D eigenvalue weighted by Gasteiger charge is -1.97. The molecule has 0 spiro atoms. The molecular formula is C10H7N9O3. The highest BCUT2D eigenvalue weighted by Crippen LogP contribution is 2.21. The number of anilines is 1. The lowest BCUT2D eigenvalue weighted by atomic mass is 10.3. The molecule has 2 aromatic heterocycles. The van der Waals surface area contributed by atoms with Gasteiger partial charge in [-0.3, -0.25) is 14.9 Å². The molecule has 0 atom stereocenters. The van der Waals surface area contributed by atoms with E-state index in [0.29, 0.717) is 5.69 Å². The van der Waals surface area contributed by atoms with E-state index in [0.717, 1.165) is 4.52 Å². The lowest BCUT2D eigenvalue weighted by Crippen LogP contribution is -2.16. The topological polar surface area (TPSA) is 170 Å². The fourth-order valence-electron chi connectivity index (χ4n) is 1.63. The van der Waals surface area contributed by atoms with Crippen molar-refractivity contribution in [2.75, 3.05) is 5.73 Å². The van der Waals surface area contributed by atoms with Gasteiger partial charge in [-0.2, -0.15) is 19.8 Å².